The van der Waals surface area contributed by atoms with Gasteiger partial charge in [0.2, 0.25) is 5.69 Å². The second-order valence-corrected chi connectivity index (χ2v) is 10.8. The van der Waals surface area contributed by atoms with Gasteiger partial charge in [-0.2, -0.15) is 0 Å². The standard InChI is InChI=1S/C31H28F2NO/c1-17-6-9-22-23-10-11-24(32)28(19-7-8-20-14-31(3,4)15-21(20)12-19)30(23)35-29(22)27(17)26-13-25(33)18(2)16-34(26)5/h6-13,16H,14-15H2,1-5H3/q+1. The molecule has 0 saturated heterocycles. The number of fused-ring (bicyclic) bond motifs is 4. The van der Waals surface area contributed by atoms with Gasteiger partial charge >= 0.3 is 0 Å². The highest BCUT2D eigenvalue weighted by Gasteiger charge is 2.29. The van der Waals surface area contributed by atoms with Gasteiger partial charge in [0, 0.05) is 22.4 Å². The molecule has 0 fully saturated rings. The number of hydrogen-bond acceptors (Lipinski definition) is 1. The Morgan fingerprint density at radius 3 is 2.23 bits per heavy atom. The molecule has 176 valence electrons. The number of pyridine rings is 1. The normalized spacial score (nSPS) is 14.7. The van der Waals surface area contributed by atoms with Gasteiger partial charge in [-0.1, -0.05) is 44.2 Å². The molecule has 0 radical (unpaired) electrons. The third kappa shape index (κ3) is 3.38. The topological polar surface area (TPSA) is 17.0 Å². The second-order valence-electron chi connectivity index (χ2n) is 10.8. The summed E-state index contributed by atoms with van der Waals surface area (Å²) in [6.07, 6.45) is 3.79. The van der Waals surface area contributed by atoms with E-state index in [1.54, 1.807) is 25.3 Å². The Hall–Kier alpha value is -3.53. The molecule has 0 saturated carbocycles. The zero-order chi connectivity index (χ0) is 24.6. The number of furan rings is 1. The van der Waals surface area contributed by atoms with Crippen LogP contribution in [0.15, 0.2) is 59.1 Å². The maximum atomic E-state index is 15.4. The molecule has 1 aliphatic rings. The Labute approximate surface area is 203 Å². The lowest BCUT2D eigenvalue weighted by molar-refractivity contribution is -0.661. The van der Waals surface area contributed by atoms with Crippen molar-refractivity contribution in [2.45, 2.75) is 40.5 Å². The van der Waals surface area contributed by atoms with Crippen molar-refractivity contribution in [1.82, 2.24) is 0 Å². The first kappa shape index (κ1) is 22.0. The number of aryl methyl sites for hydroxylation is 3. The van der Waals surface area contributed by atoms with Crippen LogP contribution in [0.3, 0.4) is 0 Å². The van der Waals surface area contributed by atoms with Crippen molar-refractivity contribution in [2.24, 2.45) is 12.5 Å². The molecule has 2 heterocycles. The molecule has 2 aromatic heterocycles. The van der Waals surface area contributed by atoms with E-state index in [0.717, 1.165) is 46.0 Å². The molecule has 0 aliphatic heterocycles. The van der Waals surface area contributed by atoms with Gasteiger partial charge in [-0.25, -0.2) is 13.3 Å². The minimum atomic E-state index is -0.307. The average molecular weight is 469 g/mol. The molecule has 0 amide bonds. The molecule has 6 rings (SSSR count). The van der Waals surface area contributed by atoms with Crippen LogP contribution in [0.5, 0.6) is 0 Å². The van der Waals surface area contributed by atoms with E-state index in [0.29, 0.717) is 22.3 Å². The SMILES string of the molecule is Cc1c[n+](C)c(-c2c(C)ccc3c2oc2c(-c4ccc5c(c4)CC(C)(C)C5)c(F)ccc23)cc1F. The number of rotatable bonds is 2. The number of halogens is 2. The molecule has 0 atom stereocenters. The van der Waals surface area contributed by atoms with Gasteiger partial charge in [-0.05, 0) is 66.5 Å². The van der Waals surface area contributed by atoms with E-state index in [4.69, 9.17) is 4.42 Å². The van der Waals surface area contributed by atoms with Crippen LogP contribution in [-0.2, 0) is 19.9 Å². The highest BCUT2D eigenvalue weighted by Crippen LogP contribution is 2.43. The van der Waals surface area contributed by atoms with E-state index < -0.39 is 0 Å². The first-order valence-electron chi connectivity index (χ1n) is 12.1. The summed E-state index contributed by atoms with van der Waals surface area (Å²) < 4.78 is 38.4. The van der Waals surface area contributed by atoms with Crippen molar-refractivity contribution < 1.29 is 17.8 Å². The van der Waals surface area contributed by atoms with Crippen molar-refractivity contribution in [2.75, 3.05) is 0 Å². The van der Waals surface area contributed by atoms with Gasteiger partial charge in [0.05, 0.1) is 11.1 Å². The fraction of sp³-hybridized carbons (Fsp3) is 0.258. The molecule has 4 heteroatoms. The van der Waals surface area contributed by atoms with Crippen LogP contribution in [0.1, 0.15) is 36.1 Å². The summed E-state index contributed by atoms with van der Waals surface area (Å²) in [6, 6.07) is 15.1. The smallest absolute Gasteiger partial charge is 0.219 e. The van der Waals surface area contributed by atoms with E-state index >= 15 is 4.39 Å². The zero-order valence-electron chi connectivity index (χ0n) is 20.7. The predicted octanol–water partition coefficient (Wildman–Crippen LogP) is 7.76. The van der Waals surface area contributed by atoms with Crippen LogP contribution in [0.2, 0.25) is 0 Å². The van der Waals surface area contributed by atoms with Gasteiger partial charge in [0.25, 0.3) is 0 Å². The van der Waals surface area contributed by atoms with Crippen molar-refractivity contribution in [3.8, 4) is 22.4 Å². The monoisotopic (exact) mass is 468 g/mol. The first-order valence-corrected chi connectivity index (χ1v) is 12.1. The average Bonchev–Trinajstić information content (AvgIpc) is 3.31. The summed E-state index contributed by atoms with van der Waals surface area (Å²) in [5.41, 5.74) is 8.40. The molecule has 0 spiro atoms. The van der Waals surface area contributed by atoms with Crippen LogP contribution in [0, 0.1) is 30.9 Å². The highest BCUT2D eigenvalue weighted by atomic mass is 19.1. The minimum Gasteiger partial charge on any atom is -0.454 e. The molecule has 0 bridgehead atoms. The first-order chi connectivity index (χ1) is 16.6. The summed E-state index contributed by atoms with van der Waals surface area (Å²) in [5.74, 6) is -0.572. The van der Waals surface area contributed by atoms with Gasteiger partial charge < -0.3 is 4.42 Å². The Kier molecular flexibility index (Phi) is 4.70. The number of benzene rings is 3. The van der Waals surface area contributed by atoms with E-state index in [1.807, 2.05) is 36.7 Å². The van der Waals surface area contributed by atoms with Crippen LogP contribution in [-0.4, -0.2) is 0 Å². The lowest BCUT2D eigenvalue weighted by Crippen LogP contribution is -2.31. The summed E-state index contributed by atoms with van der Waals surface area (Å²) in [6.45, 7) is 8.28. The number of aromatic nitrogens is 1. The molecular weight excluding hydrogens is 440 g/mol. The van der Waals surface area contributed by atoms with Crippen molar-refractivity contribution in [1.29, 1.82) is 0 Å². The zero-order valence-corrected chi connectivity index (χ0v) is 20.7. The van der Waals surface area contributed by atoms with Gasteiger partial charge in [-0.3, -0.25) is 0 Å². The maximum absolute atomic E-state index is 15.4. The van der Waals surface area contributed by atoms with Gasteiger partial charge in [0.15, 0.2) is 6.20 Å². The van der Waals surface area contributed by atoms with Gasteiger partial charge in [-0.15, -0.1) is 0 Å². The van der Waals surface area contributed by atoms with E-state index in [9.17, 15) is 4.39 Å². The lowest BCUT2D eigenvalue weighted by Gasteiger charge is -2.14. The molecule has 5 aromatic rings. The van der Waals surface area contributed by atoms with Crippen molar-refractivity contribution >= 4 is 21.9 Å². The summed E-state index contributed by atoms with van der Waals surface area (Å²) in [4.78, 5) is 0. The van der Waals surface area contributed by atoms with Crippen LogP contribution >= 0.6 is 0 Å². The summed E-state index contributed by atoms with van der Waals surface area (Å²) in [5, 5.41) is 1.75. The molecule has 35 heavy (non-hydrogen) atoms. The van der Waals surface area contributed by atoms with Crippen molar-refractivity contribution in [3.63, 3.8) is 0 Å². The fourth-order valence-electron chi connectivity index (χ4n) is 5.78. The van der Waals surface area contributed by atoms with Crippen molar-refractivity contribution in [3.05, 3.63) is 88.6 Å². The predicted molar refractivity (Wildman–Crippen MR) is 136 cm³/mol. The number of nitrogens with zero attached hydrogens (tertiary/aromatic N) is 1. The Morgan fingerprint density at radius 1 is 0.771 bits per heavy atom. The van der Waals surface area contributed by atoms with Gasteiger partial charge in [0.1, 0.15) is 29.8 Å². The second kappa shape index (κ2) is 7.48. The Balaban J connectivity index is 1.63. The molecule has 0 unspecified atom stereocenters. The fourth-order valence-corrected chi connectivity index (χ4v) is 5.78. The third-order valence-corrected chi connectivity index (χ3v) is 7.46. The Morgan fingerprint density at radius 2 is 1.46 bits per heavy atom. The summed E-state index contributed by atoms with van der Waals surface area (Å²) >= 11 is 0. The number of hydrogen-bond donors (Lipinski definition) is 0. The summed E-state index contributed by atoms with van der Waals surface area (Å²) in [7, 11) is 1.90. The lowest BCUT2D eigenvalue weighted by atomic mass is 9.90. The molecule has 0 N–H and O–H groups in total. The molecular formula is C31H28F2NO+. The van der Waals surface area contributed by atoms with E-state index in [-0.39, 0.29) is 17.0 Å². The van der Waals surface area contributed by atoms with E-state index in [1.165, 1.54) is 17.2 Å². The quantitative estimate of drug-likeness (QED) is 0.242. The van der Waals surface area contributed by atoms with Crippen LogP contribution < -0.4 is 4.57 Å². The molecule has 3 aromatic carbocycles. The maximum Gasteiger partial charge on any atom is 0.219 e. The molecule has 2 nitrogen and oxygen atoms in total. The van der Waals surface area contributed by atoms with Crippen LogP contribution in [0.4, 0.5) is 8.78 Å². The largest absolute Gasteiger partial charge is 0.454 e. The van der Waals surface area contributed by atoms with Crippen LogP contribution in [0.25, 0.3) is 44.3 Å². The minimum absolute atomic E-state index is 0.218. The highest BCUT2D eigenvalue weighted by molar-refractivity contribution is 6.13. The van der Waals surface area contributed by atoms with E-state index in [2.05, 4.69) is 26.0 Å². The Bertz CT molecular complexity index is 1680. The third-order valence-electron chi connectivity index (χ3n) is 7.46. The molecule has 1 aliphatic carbocycles.